The summed E-state index contributed by atoms with van der Waals surface area (Å²) >= 11 is 0. The van der Waals surface area contributed by atoms with Gasteiger partial charge in [0, 0.05) is 31.0 Å². The van der Waals surface area contributed by atoms with Gasteiger partial charge in [-0.1, -0.05) is 12.1 Å². The molecule has 0 radical (unpaired) electrons. The average molecular weight is 313 g/mol. The maximum Gasteiger partial charge on any atom is 0.310 e. The molecule has 6 nitrogen and oxygen atoms in total. The molecule has 1 fully saturated rings. The number of aromatic nitrogens is 2. The van der Waals surface area contributed by atoms with Gasteiger partial charge in [0.2, 0.25) is 5.91 Å². The predicted octanol–water partition coefficient (Wildman–Crippen LogP) is 1.80. The fourth-order valence-electron chi connectivity index (χ4n) is 2.62. The number of ether oxygens (including phenoxy) is 1. The van der Waals surface area contributed by atoms with Crippen LogP contribution in [0.2, 0.25) is 0 Å². The van der Waals surface area contributed by atoms with Crippen LogP contribution in [0, 0.1) is 0 Å². The lowest BCUT2D eigenvalue weighted by molar-refractivity contribution is -0.143. The lowest BCUT2D eigenvalue weighted by Crippen LogP contribution is -2.23. The van der Waals surface area contributed by atoms with E-state index in [0.717, 1.165) is 24.2 Å². The van der Waals surface area contributed by atoms with E-state index in [1.54, 1.807) is 15.8 Å². The van der Waals surface area contributed by atoms with Gasteiger partial charge in [0.15, 0.2) is 0 Å². The molecule has 1 aliphatic rings. The molecular weight excluding hydrogens is 294 g/mol. The Labute approximate surface area is 134 Å². The molecule has 3 rings (SSSR count). The molecule has 0 aliphatic carbocycles. The fraction of sp³-hybridized carbons (Fsp3) is 0.353. The van der Waals surface area contributed by atoms with Gasteiger partial charge in [0.1, 0.15) is 6.61 Å². The molecule has 120 valence electrons. The van der Waals surface area contributed by atoms with Crippen LogP contribution in [0.4, 0.5) is 5.69 Å². The first-order valence-corrected chi connectivity index (χ1v) is 7.75. The van der Waals surface area contributed by atoms with E-state index in [1.165, 1.54) is 0 Å². The van der Waals surface area contributed by atoms with E-state index in [4.69, 9.17) is 4.74 Å². The first-order chi connectivity index (χ1) is 11.2. The second kappa shape index (κ2) is 7.09. The number of esters is 1. The number of hydrogen-bond donors (Lipinski definition) is 0. The van der Waals surface area contributed by atoms with Crippen molar-refractivity contribution in [2.75, 3.05) is 18.1 Å². The number of hydrogen-bond acceptors (Lipinski definition) is 4. The monoisotopic (exact) mass is 313 g/mol. The Morgan fingerprint density at radius 3 is 2.74 bits per heavy atom. The van der Waals surface area contributed by atoms with Crippen LogP contribution in [-0.4, -0.2) is 34.8 Å². The summed E-state index contributed by atoms with van der Waals surface area (Å²) in [5.41, 5.74) is 1.77. The van der Waals surface area contributed by atoms with Crippen LogP contribution in [0.1, 0.15) is 18.4 Å². The zero-order valence-corrected chi connectivity index (χ0v) is 12.9. The molecule has 1 saturated heterocycles. The van der Waals surface area contributed by atoms with Gasteiger partial charge in [0.05, 0.1) is 13.0 Å². The van der Waals surface area contributed by atoms with Crippen LogP contribution in [0.3, 0.4) is 0 Å². The Hall–Kier alpha value is -2.63. The van der Waals surface area contributed by atoms with Crippen LogP contribution in [-0.2, 0) is 27.3 Å². The van der Waals surface area contributed by atoms with Gasteiger partial charge in [-0.15, -0.1) is 0 Å². The molecule has 6 heteroatoms. The molecule has 1 aromatic carbocycles. The van der Waals surface area contributed by atoms with Gasteiger partial charge in [-0.3, -0.25) is 14.3 Å². The number of amides is 1. The first-order valence-electron chi connectivity index (χ1n) is 7.75. The highest BCUT2D eigenvalue weighted by molar-refractivity contribution is 5.95. The lowest BCUT2D eigenvalue weighted by atomic mass is 10.1. The Kier molecular flexibility index (Phi) is 4.71. The van der Waals surface area contributed by atoms with E-state index < -0.39 is 0 Å². The molecule has 1 aromatic heterocycles. The molecule has 2 aromatic rings. The van der Waals surface area contributed by atoms with Crippen LogP contribution in [0.15, 0.2) is 42.7 Å². The van der Waals surface area contributed by atoms with Gasteiger partial charge in [-0.05, 0) is 30.2 Å². The van der Waals surface area contributed by atoms with Gasteiger partial charge in [-0.2, -0.15) is 5.10 Å². The maximum atomic E-state index is 11.8. The Morgan fingerprint density at radius 2 is 2.09 bits per heavy atom. The lowest BCUT2D eigenvalue weighted by Gasteiger charge is -2.15. The largest absolute Gasteiger partial charge is 0.463 e. The number of anilines is 1. The summed E-state index contributed by atoms with van der Waals surface area (Å²) < 4.78 is 6.92. The zero-order valence-electron chi connectivity index (χ0n) is 12.9. The number of rotatable bonds is 6. The summed E-state index contributed by atoms with van der Waals surface area (Å²) in [5.74, 6) is -0.0991. The van der Waals surface area contributed by atoms with E-state index >= 15 is 0 Å². The summed E-state index contributed by atoms with van der Waals surface area (Å²) in [7, 11) is 0. The number of benzene rings is 1. The number of carbonyl (C=O) groups excluding carboxylic acids is 2. The van der Waals surface area contributed by atoms with Gasteiger partial charge < -0.3 is 9.64 Å². The van der Waals surface area contributed by atoms with Crippen LogP contribution >= 0.6 is 0 Å². The predicted molar refractivity (Wildman–Crippen MR) is 84.9 cm³/mol. The van der Waals surface area contributed by atoms with Crippen molar-refractivity contribution >= 4 is 17.6 Å². The smallest absolute Gasteiger partial charge is 0.310 e. The Morgan fingerprint density at radius 1 is 1.26 bits per heavy atom. The molecular formula is C17H19N3O3. The minimum absolute atomic E-state index is 0.163. The second-order valence-corrected chi connectivity index (χ2v) is 5.48. The minimum Gasteiger partial charge on any atom is -0.463 e. The average Bonchev–Trinajstić information content (AvgIpc) is 3.20. The van der Waals surface area contributed by atoms with Crippen LogP contribution < -0.4 is 4.90 Å². The third-order valence-corrected chi connectivity index (χ3v) is 3.81. The standard InChI is InChI=1S/C17H19N3O3/c21-16-3-1-10-20(16)15-6-4-14(5-7-15)13-17(22)23-12-11-19-9-2-8-18-19/h2,4-9H,1,3,10-13H2. The van der Waals surface area contributed by atoms with Crippen molar-refractivity contribution in [2.24, 2.45) is 0 Å². The Bertz CT molecular complexity index is 665. The molecule has 23 heavy (non-hydrogen) atoms. The summed E-state index contributed by atoms with van der Waals surface area (Å²) in [4.78, 5) is 25.3. The van der Waals surface area contributed by atoms with Crippen molar-refractivity contribution in [3.05, 3.63) is 48.3 Å². The highest BCUT2D eigenvalue weighted by Crippen LogP contribution is 2.21. The first kappa shape index (κ1) is 15.3. The van der Waals surface area contributed by atoms with Gasteiger partial charge in [0.25, 0.3) is 0 Å². The maximum absolute atomic E-state index is 11.8. The second-order valence-electron chi connectivity index (χ2n) is 5.48. The van der Waals surface area contributed by atoms with Crippen LogP contribution in [0.25, 0.3) is 0 Å². The highest BCUT2D eigenvalue weighted by Gasteiger charge is 2.21. The van der Waals surface area contributed by atoms with Gasteiger partial charge in [-0.25, -0.2) is 0 Å². The van der Waals surface area contributed by atoms with E-state index in [2.05, 4.69) is 5.10 Å². The van der Waals surface area contributed by atoms with Crippen molar-refractivity contribution in [3.63, 3.8) is 0 Å². The van der Waals surface area contributed by atoms with E-state index in [-0.39, 0.29) is 18.3 Å². The third-order valence-electron chi connectivity index (χ3n) is 3.81. The molecule has 0 atom stereocenters. The van der Waals surface area contributed by atoms with E-state index in [1.807, 2.05) is 36.5 Å². The number of carbonyl (C=O) groups is 2. The molecule has 0 unspecified atom stereocenters. The molecule has 0 spiro atoms. The van der Waals surface area contributed by atoms with Gasteiger partial charge >= 0.3 is 5.97 Å². The third kappa shape index (κ3) is 3.97. The molecule has 0 saturated carbocycles. The van der Waals surface area contributed by atoms with E-state index in [9.17, 15) is 9.59 Å². The number of nitrogens with zero attached hydrogens (tertiary/aromatic N) is 3. The summed E-state index contributed by atoms with van der Waals surface area (Å²) in [6.07, 6.45) is 5.27. The van der Waals surface area contributed by atoms with Crippen molar-refractivity contribution in [1.29, 1.82) is 0 Å². The summed E-state index contributed by atoms with van der Waals surface area (Å²) in [5, 5.41) is 4.04. The molecule has 2 heterocycles. The summed E-state index contributed by atoms with van der Waals surface area (Å²) in [6, 6.07) is 9.34. The zero-order chi connectivity index (χ0) is 16.1. The minimum atomic E-state index is -0.262. The summed E-state index contributed by atoms with van der Waals surface area (Å²) in [6.45, 7) is 1.63. The molecule has 0 bridgehead atoms. The SMILES string of the molecule is O=C(Cc1ccc(N2CCCC2=O)cc1)OCCn1cccn1. The fourth-order valence-corrected chi connectivity index (χ4v) is 2.62. The van der Waals surface area contributed by atoms with Crippen molar-refractivity contribution in [2.45, 2.75) is 25.8 Å². The molecule has 1 aliphatic heterocycles. The van der Waals surface area contributed by atoms with E-state index in [0.29, 0.717) is 19.6 Å². The normalized spacial score (nSPS) is 14.3. The quantitative estimate of drug-likeness (QED) is 0.763. The molecule has 1 amide bonds. The molecule has 0 N–H and O–H groups in total. The van der Waals surface area contributed by atoms with Crippen molar-refractivity contribution in [3.8, 4) is 0 Å². The highest BCUT2D eigenvalue weighted by atomic mass is 16.5. The van der Waals surface area contributed by atoms with Crippen molar-refractivity contribution in [1.82, 2.24) is 9.78 Å². The van der Waals surface area contributed by atoms with Crippen LogP contribution in [0.5, 0.6) is 0 Å². The van der Waals surface area contributed by atoms with Crippen molar-refractivity contribution < 1.29 is 14.3 Å². The topological polar surface area (TPSA) is 64.4 Å². The Balaban J connectivity index is 1.47.